The van der Waals surface area contributed by atoms with Crippen LogP contribution in [0.2, 0.25) is 5.02 Å². The van der Waals surface area contributed by atoms with Crippen molar-refractivity contribution in [2.45, 2.75) is 11.8 Å². The zero-order valence-corrected chi connectivity index (χ0v) is 11.3. The number of carbonyl (C=O) groups is 1. The molecule has 80 valence electrons. The van der Waals surface area contributed by atoms with E-state index in [4.69, 9.17) is 23.2 Å². The van der Waals surface area contributed by atoms with Crippen LogP contribution in [0.15, 0.2) is 12.3 Å². The van der Waals surface area contributed by atoms with Crippen LogP contribution < -0.4 is 4.90 Å². The van der Waals surface area contributed by atoms with Crippen molar-refractivity contribution in [2.75, 3.05) is 11.4 Å². The van der Waals surface area contributed by atoms with Gasteiger partial charge in [0.15, 0.2) is 0 Å². The summed E-state index contributed by atoms with van der Waals surface area (Å²) in [5, 5.41) is 0.447. The highest BCUT2D eigenvalue weighted by molar-refractivity contribution is 14.1. The van der Waals surface area contributed by atoms with Crippen molar-refractivity contribution in [3.8, 4) is 0 Å². The third-order valence-electron chi connectivity index (χ3n) is 2.12. The van der Waals surface area contributed by atoms with Crippen molar-refractivity contribution in [1.82, 2.24) is 4.98 Å². The zero-order valence-electron chi connectivity index (χ0n) is 7.58. The Morgan fingerprint density at radius 1 is 1.60 bits per heavy atom. The summed E-state index contributed by atoms with van der Waals surface area (Å²) in [6.07, 6.45) is 1.91. The number of pyridine rings is 1. The van der Waals surface area contributed by atoms with Gasteiger partial charge in [0, 0.05) is 19.2 Å². The molecule has 0 radical (unpaired) electrons. The van der Waals surface area contributed by atoms with E-state index in [-0.39, 0.29) is 11.3 Å². The molecule has 6 heteroatoms. The number of hydrogen-bond donors (Lipinski definition) is 0. The van der Waals surface area contributed by atoms with Gasteiger partial charge in [-0.2, -0.15) is 0 Å². The Hall–Kier alpha value is -0.0700. The molecule has 0 saturated carbocycles. The molecule has 15 heavy (non-hydrogen) atoms. The lowest BCUT2D eigenvalue weighted by Crippen LogP contribution is -2.26. The molecule has 0 spiro atoms. The summed E-state index contributed by atoms with van der Waals surface area (Å²) >= 11 is 13.8. The van der Waals surface area contributed by atoms with Gasteiger partial charge in [-0.15, -0.1) is 11.6 Å². The summed E-state index contributed by atoms with van der Waals surface area (Å²) in [7, 11) is 0. The number of nitrogens with zero attached hydrogens (tertiary/aromatic N) is 2. The van der Waals surface area contributed by atoms with E-state index in [1.807, 2.05) is 0 Å². The number of alkyl halides is 1. The summed E-state index contributed by atoms with van der Waals surface area (Å²) in [5.74, 6) is 0.663. The monoisotopic (exact) mass is 356 g/mol. The van der Waals surface area contributed by atoms with Gasteiger partial charge in [0.05, 0.1) is 14.0 Å². The summed E-state index contributed by atoms with van der Waals surface area (Å²) < 4.78 is 0.860. The number of anilines is 1. The molecule has 1 aromatic heterocycles. The van der Waals surface area contributed by atoms with Crippen LogP contribution in [-0.2, 0) is 4.79 Å². The maximum Gasteiger partial charge on any atom is 0.229 e. The van der Waals surface area contributed by atoms with Gasteiger partial charge >= 0.3 is 0 Å². The predicted molar refractivity (Wildman–Crippen MR) is 68.6 cm³/mol. The van der Waals surface area contributed by atoms with Gasteiger partial charge < -0.3 is 0 Å². The van der Waals surface area contributed by atoms with E-state index < -0.39 is 0 Å². The Morgan fingerprint density at radius 2 is 2.33 bits per heavy atom. The quantitative estimate of drug-likeness (QED) is 0.572. The fraction of sp³-hybridized carbons (Fsp3) is 0.333. The van der Waals surface area contributed by atoms with Crippen LogP contribution in [-0.4, -0.2) is 22.8 Å². The first-order chi connectivity index (χ1) is 7.08. The molecule has 2 rings (SSSR count). The third-order valence-corrected chi connectivity index (χ3v) is 3.41. The SMILES string of the molecule is O=C1CC(Cl)CN1c1ncc(Cl)cc1I. The van der Waals surface area contributed by atoms with Gasteiger partial charge in [-0.3, -0.25) is 9.69 Å². The minimum Gasteiger partial charge on any atom is -0.294 e. The van der Waals surface area contributed by atoms with Crippen LogP contribution in [0.3, 0.4) is 0 Å². The molecule has 0 aliphatic carbocycles. The summed E-state index contributed by atoms with van der Waals surface area (Å²) in [4.78, 5) is 17.3. The van der Waals surface area contributed by atoms with E-state index in [9.17, 15) is 4.79 Å². The second-order valence-electron chi connectivity index (χ2n) is 3.26. The number of halogens is 3. The van der Waals surface area contributed by atoms with Gasteiger partial charge in [0.25, 0.3) is 0 Å². The number of rotatable bonds is 1. The largest absolute Gasteiger partial charge is 0.294 e. The van der Waals surface area contributed by atoms with E-state index in [1.165, 1.54) is 6.20 Å². The molecule has 3 nitrogen and oxygen atoms in total. The summed E-state index contributed by atoms with van der Waals surface area (Å²) in [6, 6.07) is 1.78. The van der Waals surface area contributed by atoms with Crippen molar-refractivity contribution in [1.29, 1.82) is 0 Å². The van der Waals surface area contributed by atoms with Crippen molar-refractivity contribution in [2.24, 2.45) is 0 Å². The molecule has 1 aliphatic heterocycles. The average Bonchev–Trinajstić information content (AvgIpc) is 2.45. The standard InChI is InChI=1S/C9H7Cl2IN2O/c10-5-1-7(12)9(13-3-5)14-4-6(11)2-8(14)15/h1,3,6H,2,4H2. The van der Waals surface area contributed by atoms with Crippen LogP contribution in [0, 0.1) is 3.57 Å². The molecule has 1 aromatic rings. The molecule has 0 N–H and O–H groups in total. The molecule has 1 unspecified atom stereocenters. The Kier molecular flexibility index (Phi) is 3.37. The van der Waals surface area contributed by atoms with E-state index in [1.54, 1.807) is 11.0 Å². The normalized spacial score (nSPS) is 21.1. The minimum absolute atomic E-state index is 0.0164. The smallest absolute Gasteiger partial charge is 0.229 e. The minimum atomic E-state index is -0.120. The van der Waals surface area contributed by atoms with Crippen molar-refractivity contribution < 1.29 is 4.79 Å². The highest BCUT2D eigenvalue weighted by atomic mass is 127. The predicted octanol–water partition coefficient (Wildman–Crippen LogP) is 2.68. The van der Waals surface area contributed by atoms with Gasteiger partial charge in [-0.1, -0.05) is 11.6 Å². The van der Waals surface area contributed by atoms with Gasteiger partial charge in [-0.25, -0.2) is 4.98 Å². The summed E-state index contributed by atoms with van der Waals surface area (Å²) in [5.41, 5.74) is 0. The fourth-order valence-corrected chi connectivity index (χ4v) is 2.85. The molecular formula is C9H7Cl2IN2O. The number of carbonyl (C=O) groups excluding carboxylic acids is 1. The second kappa shape index (κ2) is 4.43. The molecule has 0 bridgehead atoms. The third kappa shape index (κ3) is 2.37. The number of aromatic nitrogens is 1. The molecule has 1 amide bonds. The molecule has 1 fully saturated rings. The van der Waals surface area contributed by atoms with Crippen molar-refractivity contribution in [3.63, 3.8) is 0 Å². The Bertz CT molecular complexity index is 413. The molecule has 1 atom stereocenters. The van der Waals surface area contributed by atoms with Crippen molar-refractivity contribution >= 4 is 57.5 Å². The first-order valence-corrected chi connectivity index (χ1v) is 6.22. The fourth-order valence-electron chi connectivity index (χ4n) is 1.47. The Balaban J connectivity index is 2.34. The molecule has 1 aliphatic rings. The maximum absolute atomic E-state index is 11.6. The van der Waals surface area contributed by atoms with Crippen LogP contribution >= 0.6 is 45.8 Å². The zero-order chi connectivity index (χ0) is 11.0. The van der Waals surface area contributed by atoms with E-state index in [2.05, 4.69) is 27.6 Å². The first-order valence-electron chi connectivity index (χ1n) is 4.33. The number of amides is 1. The van der Waals surface area contributed by atoms with Gasteiger partial charge in [0.2, 0.25) is 5.91 Å². The molecule has 1 saturated heterocycles. The molecule has 2 heterocycles. The highest BCUT2D eigenvalue weighted by Crippen LogP contribution is 2.28. The van der Waals surface area contributed by atoms with Crippen LogP contribution in [0.1, 0.15) is 6.42 Å². The number of hydrogen-bond acceptors (Lipinski definition) is 2. The van der Waals surface area contributed by atoms with Crippen LogP contribution in [0.4, 0.5) is 5.82 Å². The highest BCUT2D eigenvalue weighted by Gasteiger charge is 2.31. The lowest BCUT2D eigenvalue weighted by Gasteiger charge is -2.16. The maximum atomic E-state index is 11.6. The van der Waals surface area contributed by atoms with Gasteiger partial charge in [-0.05, 0) is 28.7 Å². The van der Waals surface area contributed by atoms with E-state index >= 15 is 0 Å². The van der Waals surface area contributed by atoms with Gasteiger partial charge in [0.1, 0.15) is 5.82 Å². The van der Waals surface area contributed by atoms with E-state index in [0.29, 0.717) is 23.8 Å². The Morgan fingerprint density at radius 3 is 2.87 bits per heavy atom. The van der Waals surface area contributed by atoms with E-state index in [0.717, 1.165) is 3.57 Å². The van der Waals surface area contributed by atoms with Crippen LogP contribution in [0.5, 0.6) is 0 Å². The molecule has 0 aromatic carbocycles. The second-order valence-corrected chi connectivity index (χ2v) is 5.48. The van der Waals surface area contributed by atoms with Crippen LogP contribution in [0.25, 0.3) is 0 Å². The lowest BCUT2D eigenvalue weighted by atomic mass is 10.4. The van der Waals surface area contributed by atoms with Crippen molar-refractivity contribution in [3.05, 3.63) is 20.9 Å². The summed E-state index contributed by atoms with van der Waals surface area (Å²) in [6.45, 7) is 0.519. The topological polar surface area (TPSA) is 33.2 Å². The lowest BCUT2D eigenvalue weighted by molar-refractivity contribution is -0.117. The Labute approximate surface area is 111 Å². The molecular weight excluding hydrogens is 350 g/mol. The first kappa shape index (κ1) is 11.4. The average molecular weight is 357 g/mol.